The van der Waals surface area contributed by atoms with Gasteiger partial charge in [-0.05, 0) is 95.3 Å². The van der Waals surface area contributed by atoms with Gasteiger partial charge in [0, 0.05) is 36.1 Å². The summed E-state index contributed by atoms with van der Waals surface area (Å²) in [5.41, 5.74) is 5.77. The van der Waals surface area contributed by atoms with Crippen LogP contribution in [0.25, 0.3) is 11.1 Å². The van der Waals surface area contributed by atoms with Gasteiger partial charge in [-0.25, -0.2) is 9.18 Å². The molecular formula is C32H31Cl2F2NO2. The zero-order chi connectivity index (χ0) is 27.6. The van der Waals surface area contributed by atoms with Crippen molar-refractivity contribution < 1.29 is 18.7 Å². The molecule has 5 rings (SSSR count). The van der Waals surface area contributed by atoms with Crippen molar-refractivity contribution in [2.24, 2.45) is 0 Å². The summed E-state index contributed by atoms with van der Waals surface area (Å²) in [6.07, 6.45) is 3.55. The second-order valence-electron chi connectivity index (χ2n) is 10.6. The first kappa shape index (κ1) is 27.8. The lowest BCUT2D eigenvalue weighted by molar-refractivity contribution is 0.0696. The molecule has 1 saturated heterocycles. The van der Waals surface area contributed by atoms with Gasteiger partial charge in [0.05, 0.1) is 12.2 Å². The maximum Gasteiger partial charge on any atom is 0.335 e. The van der Waals surface area contributed by atoms with Crippen molar-refractivity contribution in [3.63, 3.8) is 0 Å². The highest BCUT2D eigenvalue weighted by atomic mass is 35.5. The Morgan fingerprint density at radius 3 is 2.49 bits per heavy atom. The number of hydrogen-bond acceptors (Lipinski definition) is 2. The molecule has 1 atom stereocenters. The van der Waals surface area contributed by atoms with Crippen molar-refractivity contribution in [1.29, 1.82) is 0 Å². The highest BCUT2D eigenvalue weighted by molar-refractivity contribution is 6.36. The van der Waals surface area contributed by atoms with Crippen LogP contribution in [-0.2, 0) is 12.8 Å². The fraction of sp³-hybridized carbons (Fsp3) is 0.344. The molecule has 3 aromatic carbocycles. The number of carboxylic acid groups (broad SMARTS) is 1. The normalized spacial score (nSPS) is 19.7. The molecule has 0 bridgehead atoms. The molecule has 0 saturated carbocycles. The van der Waals surface area contributed by atoms with E-state index < -0.39 is 11.6 Å². The van der Waals surface area contributed by atoms with Crippen LogP contribution >= 0.6 is 23.2 Å². The Kier molecular flexibility index (Phi) is 8.41. The maximum absolute atomic E-state index is 15.6. The smallest absolute Gasteiger partial charge is 0.335 e. The summed E-state index contributed by atoms with van der Waals surface area (Å²) in [6, 6.07) is 18.8. The SMILES string of the molecule is O=C(O)c1ccc2c(c1)CCCC(c1ccc(Cl)cc1Cl)=C2c1ccc(CC2(F)CCN(CCCF)C2)cc1. The highest BCUT2D eigenvalue weighted by Gasteiger charge is 2.38. The monoisotopic (exact) mass is 569 g/mol. The van der Waals surface area contributed by atoms with Crippen molar-refractivity contribution >= 4 is 40.3 Å². The Morgan fingerprint density at radius 2 is 1.77 bits per heavy atom. The van der Waals surface area contributed by atoms with E-state index in [0.717, 1.165) is 58.2 Å². The predicted octanol–water partition coefficient (Wildman–Crippen LogP) is 8.30. The summed E-state index contributed by atoms with van der Waals surface area (Å²) in [5, 5.41) is 10.7. The summed E-state index contributed by atoms with van der Waals surface area (Å²) < 4.78 is 28.2. The number of aromatic carboxylic acids is 1. The van der Waals surface area contributed by atoms with E-state index in [-0.39, 0.29) is 12.2 Å². The van der Waals surface area contributed by atoms with Gasteiger partial charge >= 0.3 is 5.97 Å². The summed E-state index contributed by atoms with van der Waals surface area (Å²) >= 11 is 12.9. The van der Waals surface area contributed by atoms with Crippen molar-refractivity contribution in [3.8, 4) is 0 Å². The molecule has 1 unspecified atom stereocenters. The van der Waals surface area contributed by atoms with Crippen LogP contribution in [0.1, 0.15) is 63.9 Å². The molecule has 0 radical (unpaired) electrons. The molecule has 1 N–H and O–H groups in total. The minimum Gasteiger partial charge on any atom is -0.478 e. The Balaban J connectivity index is 1.53. The third kappa shape index (κ3) is 6.21. The van der Waals surface area contributed by atoms with E-state index in [9.17, 15) is 14.3 Å². The molecule has 0 aromatic heterocycles. The number of rotatable bonds is 8. The molecule has 2 aliphatic rings. The van der Waals surface area contributed by atoms with Crippen LogP contribution in [0.3, 0.4) is 0 Å². The lowest BCUT2D eigenvalue weighted by Gasteiger charge is -2.22. The molecule has 204 valence electrons. The second kappa shape index (κ2) is 11.8. The minimum atomic E-state index is -1.32. The average molecular weight is 571 g/mol. The number of allylic oxidation sites excluding steroid dienone is 1. The van der Waals surface area contributed by atoms with Crippen LogP contribution in [0, 0.1) is 0 Å². The molecule has 1 fully saturated rings. The number of carbonyl (C=O) groups is 1. The topological polar surface area (TPSA) is 40.5 Å². The van der Waals surface area contributed by atoms with E-state index in [2.05, 4.69) is 0 Å². The van der Waals surface area contributed by atoms with Gasteiger partial charge in [-0.15, -0.1) is 0 Å². The minimum absolute atomic E-state index is 0.266. The number of likely N-dealkylation sites (tertiary alicyclic amines) is 1. The van der Waals surface area contributed by atoms with E-state index in [0.29, 0.717) is 48.9 Å². The lowest BCUT2D eigenvalue weighted by Crippen LogP contribution is -2.31. The van der Waals surface area contributed by atoms with Crippen LogP contribution in [0.4, 0.5) is 8.78 Å². The van der Waals surface area contributed by atoms with Gasteiger partial charge in [0.25, 0.3) is 0 Å². The van der Waals surface area contributed by atoms with Crippen LogP contribution in [0.2, 0.25) is 10.0 Å². The Hall–Kier alpha value is -2.73. The first-order valence-corrected chi connectivity index (χ1v) is 14.1. The molecular weight excluding hydrogens is 539 g/mol. The van der Waals surface area contributed by atoms with Gasteiger partial charge in [0.15, 0.2) is 0 Å². The molecule has 1 heterocycles. The lowest BCUT2D eigenvalue weighted by atomic mass is 9.86. The quantitative estimate of drug-likeness (QED) is 0.296. The molecule has 39 heavy (non-hydrogen) atoms. The van der Waals surface area contributed by atoms with Crippen LogP contribution < -0.4 is 0 Å². The Bertz CT molecular complexity index is 1410. The van der Waals surface area contributed by atoms with E-state index in [1.54, 1.807) is 18.2 Å². The standard InChI is InChI=1S/C32H31Cl2F2NO2/c33-25-10-12-27(29(34)18-25)28-4-1-3-23-17-24(31(38)39)9-11-26(23)30(28)22-7-5-21(6-8-22)19-32(36)13-16-37(20-32)15-2-14-35/h5-12,17-18H,1-4,13-16,19-20H2,(H,38,39). The number of carboxylic acids is 1. The summed E-state index contributed by atoms with van der Waals surface area (Å²) in [7, 11) is 0. The zero-order valence-corrected chi connectivity index (χ0v) is 23.2. The van der Waals surface area contributed by atoms with Crippen LogP contribution in [0.15, 0.2) is 60.7 Å². The number of fused-ring (bicyclic) bond motifs is 1. The van der Waals surface area contributed by atoms with E-state index in [4.69, 9.17) is 23.2 Å². The number of halogens is 4. The molecule has 1 aliphatic heterocycles. The molecule has 3 nitrogen and oxygen atoms in total. The van der Waals surface area contributed by atoms with Gasteiger partial charge in [-0.2, -0.15) is 0 Å². The zero-order valence-electron chi connectivity index (χ0n) is 21.7. The van der Waals surface area contributed by atoms with Crippen molar-refractivity contribution in [2.45, 2.75) is 44.2 Å². The number of hydrogen-bond donors (Lipinski definition) is 1. The van der Waals surface area contributed by atoms with Crippen LogP contribution in [0.5, 0.6) is 0 Å². The van der Waals surface area contributed by atoms with Crippen molar-refractivity contribution in [1.82, 2.24) is 4.90 Å². The van der Waals surface area contributed by atoms with Gasteiger partial charge < -0.3 is 5.11 Å². The number of nitrogens with zero attached hydrogens (tertiary/aromatic N) is 1. The fourth-order valence-corrected chi connectivity index (χ4v) is 6.47. The van der Waals surface area contributed by atoms with Gasteiger partial charge in [-0.3, -0.25) is 9.29 Å². The van der Waals surface area contributed by atoms with Crippen molar-refractivity contribution in [3.05, 3.63) is 104 Å². The Morgan fingerprint density at radius 1 is 1.00 bits per heavy atom. The molecule has 0 spiro atoms. The first-order valence-electron chi connectivity index (χ1n) is 13.4. The molecule has 7 heteroatoms. The summed E-state index contributed by atoms with van der Waals surface area (Å²) in [4.78, 5) is 13.7. The number of aryl methyl sites for hydroxylation is 1. The van der Waals surface area contributed by atoms with Crippen LogP contribution in [-0.4, -0.2) is 48.0 Å². The fourth-order valence-electron chi connectivity index (χ4n) is 5.94. The average Bonchev–Trinajstić information content (AvgIpc) is 3.17. The highest BCUT2D eigenvalue weighted by Crippen LogP contribution is 2.42. The van der Waals surface area contributed by atoms with E-state index in [1.165, 1.54) is 0 Å². The first-order chi connectivity index (χ1) is 18.8. The van der Waals surface area contributed by atoms with Gasteiger partial charge in [0.1, 0.15) is 5.67 Å². The number of benzene rings is 3. The van der Waals surface area contributed by atoms with Crippen molar-refractivity contribution in [2.75, 3.05) is 26.3 Å². The largest absolute Gasteiger partial charge is 0.478 e. The maximum atomic E-state index is 15.6. The molecule has 0 amide bonds. The Labute approximate surface area is 238 Å². The molecule has 3 aromatic rings. The second-order valence-corrected chi connectivity index (χ2v) is 11.4. The third-order valence-corrected chi connectivity index (χ3v) is 8.35. The summed E-state index contributed by atoms with van der Waals surface area (Å²) in [5.74, 6) is -0.951. The number of alkyl halides is 2. The van der Waals surface area contributed by atoms with Gasteiger partial charge in [0.2, 0.25) is 0 Å². The third-order valence-electron chi connectivity index (χ3n) is 7.81. The van der Waals surface area contributed by atoms with E-state index >= 15 is 4.39 Å². The molecule has 1 aliphatic carbocycles. The summed E-state index contributed by atoms with van der Waals surface area (Å²) in [6.45, 7) is 1.20. The predicted molar refractivity (Wildman–Crippen MR) is 154 cm³/mol. The van der Waals surface area contributed by atoms with E-state index in [1.807, 2.05) is 47.4 Å². The van der Waals surface area contributed by atoms with Gasteiger partial charge in [-0.1, -0.05) is 59.6 Å².